The van der Waals surface area contributed by atoms with E-state index in [4.69, 9.17) is 0 Å². The minimum Gasteiger partial charge on any atom is -0.379 e. The Balaban J connectivity index is 2.74. The molecule has 0 radical (unpaired) electrons. The first-order valence-electron chi connectivity index (χ1n) is 5.07. The van der Waals surface area contributed by atoms with Crippen LogP contribution in [0, 0.1) is 0 Å². The molecule has 1 aromatic carbocycles. The molecule has 1 aromatic rings. The van der Waals surface area contributed by atoms with Gasteiger partial charge in [0.1, 0.15) is 0 Å². The number of hydrogen-bond donors (Lipinski definition) is 2. The van der Waals surface area contributed by atoms with E-state index >= 15 is 0 Å². The van der Waals surface area contributed by atoms with Gasteiger partial charge in [-0.1, -0.05) is 6.92 Å². The van der Waals surface area contributed by atoms with E-state index in [1.807, 2.05) is 0 Å². The van der Waals surface area contributed by atoms with Crippen molar-refractivity contribution in [2.75, 3.05) is 18.4 Å². The quantitative estimate of drug-likeness (QED) is 0.821. The van der Waals surface area contributed by atoms with Crippen LogP contribution in [0.5, 0.6) is 0 Å². The Morgan fingerprint density at radius 3 is 2.29 bits per heavy atom. The molecule has 0 bridgehead atoms. The van der Waals surface area contributed by atoms with Crippen LogP contribution in [0.4, 0.5) is 14.5 Å². The van der Waals surface area contributed by atoms with Crippen molar-refractivity contribution in [1.29, 1.82) is 0 Å². The van der Waals surface area contributed by atoms with Crippen molar-refractivity contribution in [2.45, 2.75) is 18.2 Å². The van der Waals surface area contributed by atoms with E-state index in [2.05, 4.69) is 10.0 Å². The molecule has 0 unspecified atom stereocenters. The van der Waals surface area contributed by atoms with Crippen LogP contribution < -0.4 is 10.0 Å². The highest BCUT2D eigenvalue weighted by Crippen LogP contribution is 2.14. The Morgan fingerprint density at radius 2 is 1.82 bits per heavy atom. The highest BCUT2D eigenvalue weighted by molar-refractivity contribution is 7.89. The lowest BCUT2D eigenvalue weighted by Gasteiger charge is -2.07. The van der Waals surface area contributed by atoms with Crippen molar-refractivity contribution in [3.63, 3.8) is 0 Å². The number of alkyl halides is 2. The molecule has 0 aliphatic carbocycles. The molecule has 0 heterocycles. The van der Waals surface area contributed by atoms with E-state index in [0.29, 0.717) is 12.2 Å². The summed E-state index contributed by atoms with van der Waals surface area (Å²) in [7, 11) is -3.48. The highest BCUT2D eigenvalue weighted by atomic mass is 32.2. The molecule has 0 atom stereocenters. The Bertz CT molecular complexity index is 446. The summed E-state index contributed by atoms with van der Waals surface area (Å²) in [6.45, 7) is 1.52. The van der Waals surface area contributed by atoms with Crippen molar-refractivity contribution in [2.24, 2.45) is 0 Å². The van der Waals surface area contributed by atoms with Crippen molar-refractivity contribution in [3.05, 3.63) is 24.3 Å². The maximum atomic E-state index is 11.9. The smallest absolute Gasteiger partial charge is 0.255 e. The van der Waals surface area contributed by atoms with Crippen molar-refractivity contribution in [3.8, 4) is 0 Å². The number of nitrogens with one attached hydrogen (secondary N) is 2. The zero-order chi connectivity index (χ0) is 12.9. The first-order valence-corrected chi connectivity index (χ1v) is 6.56. The van der Waals surface area contributed by atoms with E-state index in [0.717, 1.165) is 0 Å². The number of anilines is 1. The molecule has 0 spiro atoms. The molecule has 0 aliphatic rings. The molecule has 4 nitrogen and oxygen atoms in total. The summed E-state index contributed by atoms with van der Waals surface area (Å²) >= 11 is 0. The van der Waals surface area contributed by atoms with Crippen molar-refractivity contribution in [1.82, 2.24) is 4.72 Å². The summed E-state index contributed by atoms with van der Waals surface area (Å²) in [5.74, 6) is 0. The van der Waals surface area contributed by atoms with Crippen LogP contribution in [0.15, 0.2) is 29.2 Å². The molecule has 0 saturated heterocycles. The average Bonchev–Trinajstić information content (AvgIpc) is 2.27. The van der Waals surface area contributed by atoms with E-state index < -0.39 is 23.0 Å². The molecule has 0 saturated carbocycles. The third-order valence-corrected chi connectivity index (χ3v) is 3.52. The maximum absolute atomic E-state index is 11.9. The molecule has 0 aliphatic heterocycles. The SMILES string of the molecule is CCNS(=O)(=O)c1ccc(NCC(F)F)cc1. The summed E-state index contributed by atoms with van der Waals surface area (Å²) in [6.07, 6.45) is -2.44. The van der Waals surface area contributed by atoms with Crippen molar-refractivity contribution < 1.29 is 17.2 Å². The largest absolute Gasteiger partial charge is 0.379 e. The summed E-state index contributed by atoms with van der Waals surface area (Å²) in [4.78, 5) is 0.113. The summed E-state index contributed by atoms with van der Waals surface area (Å²) in [5.41, 5.74) is 0.459. The predicted octanol–water partition coefficient (Wildman–Crippen LogP) is 1.66. The lowest BCUT2D eigenvalue weighted by molar-refractivity contribution is 0.163. The fourth-order valence-electron chi connectivity index (χ4n) is 1.22. The third kappa shape index (κ3) is 4.27. The van der Waals surface area contributed by atoms with Gasteiger partial charge in [-0.2, -0.15) is 0 Å². The molecule has 0 fully saturated rings. The molecule has 96 valence electrons. The predicted molar refractivity (Wildman–Crippen MR) is 61.8 cm³/mol. The van der Waals surface area contributed by atoms with E-state index in [1.54, 1.807) is 6.92 Å². The summed E-state index contributed by atoms with van der Waals surface area (Å²) < 4.78 is 49.3. The number of benzene rings is 1. The fourth-order valence-corrected chi connectivity index (χ4v) is 2.26. The number of hydrogen-bond acceptors (Lipinski definition) is 3. The van der Waals surface area contributed by atoms with Crippen LogP contribution in [-0.4, -0.2) is 27.9 Å². The van der Waals surface area contributed by atoms with E-state index in [9.17, 15) is 17.2 Å². The lowest BCUT2D eigenvalue weighted by atomic mass is 10.3. The summed E-state index contributed by atoms with van der Waals surface area (Å²) in [5, 5.41) is 2.49. The van der Waals surface area contributed by atoms with Gasteiger partial charge in [0.15, 0.2) is 0 Å². The summed E-state index contributed by atoms with van der Waals surface area (Å²) in [6, 6.07) is 5.64. The van der Waals surface area contributed by atoms with Gasteiger partial charge in [0.05, 0.1) is 11.4 Å². The number of sulfonamides is 1. The first-order chi connectivity index (χ1) is 7.95. The van der Waals surface area contributed by atoms with Gasteiger partial charge in [0, 0.05) is 12.2 Å². The van der Waals surface area contributed by atoms with Crippen molar-refractivity contribution >= 4 is 15.7 Å². The van der Waals surface area contributed by atoms with Gasteiger partial charge < -0.3 is 5.32 Å². The second-order valence-electron chi connectivity index (χ2n) is 3.30. The fraction of sp³-hybridized carbons (Fsp3) is 0.400. The van der Waals surface area contributed by atoms with Crippen LogP contribution in [0.2, 0.25) is 0 Å². The number of halogens is 2. The van der Waals surface area contributed by atoms with Crippen LogP contribution in [0.3, 0.4) is 0 Å². The molecule has 17 heavy (non-hydrogen) atoms. The van der Waals surface area contributed by atoms with Crippen LogP contribution in [0.1, 0.15) is 6.92 Å². The van der Waals surface area contributed by atoms with E-state index in [-0.39, 0.29) is 4.90 Å². The highest BCUT2D eigenvalue weighted by Gasteiger charge is 2.11. The zero-order valence-corrected chi connectivity index (χ0v) is 10.1. The Kier molecular flexibility index (Phi) is 4.83. The Morgan fingerprint density at radius 1 is 1.24 bits per heavy atom. The maximum Gasteiger partial charge on any atom is 0.255 e. The molecule has 0 aromatic heterocycles. The van der Waals surface area contributed by atoms with E-state index in [1.165, 1.54) is 24.3 Å². The Labute approximate surface area is 99.1 Å². The average molecular weight is 264 g/mol. The lowest BCUT2D eigenvalue weighted by Crippen LogP contribution is -2.23. The first kappa shape index (κ1) is 13.9. The van der Waals surface area contributed by atoms with Crippen LogP contribution in [-0.2, 0) is 10.0 Å². The van der Waals surface area contributed by atoms with Gasteiger partial charge in [-0.15, -0.1) is 0 Å². The van der Waals surface area contributed by atoms with Crippen LogP contribution >= 0.6 is 0 Å². The van der Waals surface area contributed by atoms with Gasteiger partial charge >= 0.3 is 0 Å². The normalized spacial score (nSPS) is 11.8. The standard InChI is InChI=1S/C10H14F2N2O2S/c1-2-14-17(15,16)9-5-3-8(4-6-9)13-7-10(11)12/h3-6,10,13-14H,2,7H2,1H3. The third-order valence-electron chi connectivity index (χ3n) is 1.96. The number of rotatable bonds is 6. The second kappa shape index (κ2) is 5.92. The molecule has 7 heteroatoms. The molecule has 1 rings (SSSR count). The molecule has 0 amide bonds. The van der Waals surface area contributed by atoms with Gasteiger partial charge in [-0.3, -0.25) is 0 Å². The monoisotopic (exact) mass is 264 g/mol. The topological polar surface area (TPSA) is 58.2 Å². The van der Waals surface area contributed by atoms with Crippen LogP contribution in [0.25, 0.3) is 0 Å². The minimum atomic E-state index is -3.48. The van der Waals surface area contributed by atoms with Gasteiger partial charge in [-0.25, -0.2) is 21.9 Å². The van der Waals surface area contributed by atoms with Gasteiger partial charge in [0.25, 0.3) is 6.43 Å². The molecular weight excluding hydrogens is 250 g/mol. The second-order valence-corrected chi connectivity index (χ2v) is 5.06. The minimum absolute atomic E-state index is 0.113. The molecular formula is C10H14F2N2O2S. The Hall–Kier alpha value is -1.21. The zero-order valence-electron chi connectivity index (χ0n) is 9.28. The molecule has 2 N–H and O–H groups in total. The van der Waals surface area contributed by atoms with Gasteiger partial charge in [0.2, 0.25) is 10.0 Å². The van der Waals surface area contributed by atoms with Gasteiger partial charge in [-0.05, 0) is 24.3 Å².